The molecule has 17 heavy (non-hydrogen) atoms. The molecule has 1 unspecified atom stereocenters. The Morgan fingerprint density at radius 1 is 1.35 bits per heavy atom. The smallest absolute Gasteiger partial charge is 0.216 e. The van der Waals surface area contributed by atoms with Crippen LogP contribution in [0.4, 0.5) is 0 Å². The number of rotatable bonds is 3. The Hall–Kier alpha value is -1.35. The van der Waals surface area contributed by atoms with Gasteiger partial charge in [0.1, 0.15) is 0 Å². The quantitative estimate of drug-likeness (QED) is 0.835. The zero-order chi connectivity index (χ0) is 12.3. The van der Waals surface area contributed by atoms with E-state index >= 15 is 0 Å². The number of amides is 1. The molecule has 1 atom stereocenters. The minimum Gasteiger partial charge on any atom is -0.387 e. The van der Waals surface area contributed by atoms with Gasteiger partial charge in [-0.3, -0.25) is 4.79 Å². The highest BCUT2D eigenvalue weighted by Crippen LogP contribution is 2.24. The molecule has 1 aliphatic rings. The summed E-state index contributed by atoms with van der Waals surface area (Å²) in [5, 5.41) is 12.6. The minimum atomic E-state index is -0.605. The van der Waals surface area contributed by atoms with Gasteiger partial charge in [-0.1, -0.05) is 18.2 Å². The summed E-state index contributed by atoms with van der Waals surface area (Å²) in [6, 6.07) is 6.17. The second-order valence-electron chi connectivity index (χ2n) is 4.69. The van der Waals surface area contributed by atoms with Crippen molar-refractivity contribution in [2.45, 2.75) is 38.7 Å². The Balaban J connectivity index is 2.08. The predicted octanol–water partition coefficient (Wildman–Crippen LogP) is 1.73. The van der Waals surface area contributed by atoms with Gasteiger partial charge in [0.15, 0.2) is 0 Å². The van der Waals surface area contributed by atoms with E-state index in [1.807, 2.05) is 6.07 Å². The lowest BCUT2D eigenvalue weighted by Gasteiger charge is -2.18. The lowest BCUT2D eigenvalue weighted by Crippen LogP contribution is -2.25. The van der Waals surface area contributed by atoms with Crippen molar-refractivity contribution in [3.8, 4) is 0 Å². The third-order valence-corrected chi connectivity index (χ3v) is 3.30. The standard InChI is InChI=1S/C14H19NO2/c1-10(16)15-9-14(17)13-7-6-11-4-2-3-5-12(11)8-13/h6-8,14,17H,2-5,9H2,1H3,(H,15,16). The second kappa shape index (κ2) is 5.32. The highest BCUT2D eigenvalue weighted by atomic mass is 16.3. The molecule has 3 nitrogen and oxygen atoms in total. The van der Waals surface area contributed by atoms with Crippen LogP contribution in [0.3, 0.4) is 0 Å². The fourth-order valence-corrected chi connectivity index (χ4v) is 2.32. The van der Waals surface area contributed by atoms with Crippen LogP contribution < -0.4 is 5.32 Å². The fraction of sp³-hybridized carbons (Fsp3) is 0.500. The average Bonchev–Trinajstić information content (AvgIpc) is 2.35. The Bertz CT molecular complexity index is 415. The molecule has 0 aliphatic heterocycles. The summed E-state index contributed by atoms with van der Waals surface area (Å²) in [7, 11) is 0. The molecule has 3 heteroatoms. The topological polar surface area (TPSA) is 49.3 Å². The highest BCUT2D eigenvalue weighted by molar-refractivity contribution is 5.72. The molecular weight excluding hydrogens is 214 g/mol. The van der Waals surface area contributed by atoms with E-state index in [1.54, 1.807) is 0 Å². The van der Waals surface area contributed by atoms with Crippen LogP contribution in [0.5, 0.6) is 0 Å². The molecule has 1 aromatic rings. The summed E-state index contributed by atoms with van der Waals surface area (Å²) in [4.78, 5) is 10.8. The van der Waals surface area contributed by atoms with E-state index in [4.69, 9.17) is 0 Å². The molecule has 0 spiro atoms. The van der Waals surface area contributed by atoms with E-state index in [9.17, 15) is 9.90 Å². The van der Waals surface area contributed by atoms with E-state index in [2.05, 4.69) is 17.4 Å². The van der Waals surface area contributed by atoms with Gasteiger partial charge in [-0.05, 0) is 42.4 Å². The van der Waals surface area contributed by atoms with Crippen LogP contribution in [-0.2, 0) is 17.6 Å². The van der Waals surface area contributed by atoms with Crippen LogP contribution in [0.25, 0.3) is 0 Å². The van der Waals surface area contributed by atoms with Gasteiger partial charge in [0.25, 0.3) is 0 Å². The number of carbonyl (C=O) groups is 1. The lowest BCUT2D eigenvalue weighted by atomic mass is 9.89. The normalized spacial score (nSPS) is 16.1. The SMILES string of the molecule is CC(=O)NCC(O)c1ccc2c(c1)CCCC2. The summed E-state index contributed by atoms with van der Waals surface area (Å²) < 4.78 is 0. The highest BCUT2D eigenvalue weighted by Gasteiger charge is 2.13. The third-order valence-electron chi connectivity index (χ3n) is 3.30. The first-order valence-corrected chi connectivity index (χ1v) is 6.21. The van der Waals surface area contributed by atoms with Gasteiger partial charge in [-0.15, -0.1) is 0 Å². The number of aliphatic hydroxyl groups excluding tert-OH is 1. The number of carbonyl (C=O) groups excluding carboxylic acids is 1. The van der Waals surface area contributed by atoms with E-state index in [0.717, 1.165) is 18.4 Å². The lowest BCUT2D eigenvalue weighted by molar-refractivity contribution is -0.119. The predicted molar refractivity (Wildman–Crippen MR) is 66.7 cm³/mol. The fourth-order valence-electron chi connectivity index (χ4n) is 2.32. The molecule has 0 radical (unpaired) electrons. The minimum absolute atomic E-state index is 0.109. The van der Waals surface area contributed by atoms with Gasteiger partial charge in [0.2, 0.25) is 5.91 Å². The first-order chi connectivity index (χ1) is 8.16. The van der Waals surface area contributed by atoms with Crippen molar-refractivity contribution < 1.29 is 9.90 Å². The van der Waals surface area contributed by atoms with Crippen LogP contribution in [0.2, 0.25) is 0 Å². The zero-order valence-corrected chi connectivity index (χ0v) is 10.2. The Kier molecular flexibility index (Phi) is 3.79. The van der Waals surface area contributed by atoms with Crippen molar-refractivity contribution in [3.05, 3.63) is 34.9 Å². The van der Waals surface area contributed by atoms with Crippen LogP contribution >= 0.6 is 0 Å². The number of benzene rings is 1. The third kappa shape index (κ3) is 3.07. The Morgan fingerprint density at radius 2 is 2.06 bits per heavy atom. The van der Waals surface area contributed by atoms with Gasteiger partial charge in [0, 0.05) is 13.5 Å². The van der Waals surface area contributed by atoms with Crippen molar-refractivity contribution in [1.82, 2.24) is 5.32 Å². The summed E-state index contributed by atoms with van der Waals surface area (Å²) >= 11 is 0. The molecule has 0 bridgehead atoms. The molecule has 0 fully saturated rings. The van der Waals surface area contributed by atoms with E-state index in [-0.39, 0.29) is 12.5 Å². The van der Waals surface area contributed by atoms with Crippen LogP contribution in [0, 0.1) is 0 Å². The number of aliphatic hydroxyl groups is 1. The summed E-state index contributed by atoms with van der Waals surface area (Å²) in [5.74, 6) is -0.109. The van der Waals surface area contributed by atoms with E-state index in [0.29, 0.717) is 0 Å². The molecule has 0 aromatic heterocycles. The van der Waals surface area contributed by atoms with Crippen LogP contribution in [0.15, 0.2) is 18.2 Å². The monoisotopic (exact) mass is 233 g/mol. The maximum Gasteiger partial charge on any atom is 0.216 e. The molecule has 92 valence electrons. The van der Waals surface area contributed by atoms with Crippen molar-refractivity contribution in [2.75, 3.05) is 6.54 Å². The van der Waals surface area contributed by atoms with Gasteiger partial charge < -0.3 is 10.4 Å². The van der Waals surface area contributed by atoms with E-state index < -0.39 is 6.10 Å². The number of nitrogens with one attached hydrogen (secondary N) is 1. The second-order valence-corrected chi connectivity index (χ2v) is 4.69. The maximum atomic E-state index is 10.8. The van der Waals surface area contributed by atoms with Crippen molar-refractivity contribution in [3.63, 3.8) is 0 Å². The molecule has 2 rings (SSSR count). The summed E-state index contributed by atoms with van der Waals surface area (Å²) in [6.07, 6.45) is 4.15. The average molecular weight is 233 g/mol. The van der Waals surface area contributed by atoms with E-state index in [1.165, 1.54) is 30.9 Å². The van der Waals surface area contributed by atoms with Crippen molar-refractivity contribution in [1.29, 1.82) is 0 Å². The molecule has 0 heterocycles. The number of hydrogen-bond donors (Lipinski definition) is 2. The number of hydrogen-bond acceptors (Lipinski definition) is 2. The molecule has 1 amide bonds. The van der Waals surface area contributed by atoms with Gasteiger partial charge >= 0.3 is 0 Å². The summed E-state index contributed by atoms with van der Waals surface area (Å²) in [6.45, 7) is 1.74. The van der Waals surface area contributed by atoms with Gasteiger partial charge in [-0.25, -0.2) is 0 Å². The summed E-state index contributed by atoms with van der Waals surface area (Å²) in [5.41, 5.74) is 3.67. The molecule has 0 saturated heterocycles. The first kappa shape index (κ1) is 12.1. The van der Waals surface area contributed by atoms with Crippen LogP contribution in [-0.4, -0.2) is 17.6 Å². The molecule has 0 saturated carbocycles. The number of aryl methyl sites for hydroxylation is 2. The Morgan fingerprint density at radius 3 is 2.76 bits per heavy atom. The first-order valence-electron chi connectivity index (χ1n) is 6.21. The largest absolute Gasteiger partial charge is 0.387 e. The number of fused-ring (bicyclic) bond motifs is 1. The molecular formula is C14H19NO2. The van der Waals surface area contributed by atoms with Crippen molar-refractivity contribution in [2.24, 2.45) is 0 Å². The Labute approximate surface area is 102 Å². The van der Waals surface area contributed by atoms with Crippen LogP contribution in [0.1, 0.15) is 42.6 Å². The molecule has 1 aromatic carbocycles. The van der Waals surface area contributed by atoms with Gasteiger partial charge in [-0.2, -0.15) is 0 Å². The van der Waals surface area contributed by atoms with Crippen molar-refractivity contribution >= 4 is 5.91 Å². The molecule has 2 N–H and O–H groups in total. The zero-order valence-electron chi connectivity index (χ0n) is 10.2. The van der Waals surface area contributed by atoms with Gasteiger partial charge in [0.05, 0.1) is 6.10 Å². The molecule has 1 aliphatic carbocycles. The maximum absolute atomic E-state index is 10.8.